The van der Waals surface area contributed by atoms with Crippen molar-refractivity contribution in [1.82, 2.24) is 10.1 Å². The zero-order valence-corrected chi connectivity index (χ0v) is 12.2. The van der Waals surface area contributed by atoms with Gasteiger partial charge in [0.05, 0.1) is 5.54 Å². The molecular weight excluding hydrogens is 252 g/mol. The van der Waals surface area contributed by atoms with Gasteiger partial charge in [-0.25, -0.2) is 0 Å². The maximum Gasteiger partial charge on any atom is 0.227 e. The summed E-state index contributed by atoms with van der Waals surface area (Å²) in [5, 5.41) is 4.15. The predicted molar refractivity (Wildman–Crippen MR) is 76.9 cm³/mol. The van der Waals surface area contributed by atoms with Crippen LogP contribution in [0.25, 0.3) is 0 Å². The van der Waals surface area contributed by atoms with Gasteiger partial charge in [0.15, 0.2) is 5.82 Å². The Morgan fingerprint density at radius 2 is 1.65 bits per heavy atom. The van der Waals surface area contributed by atoms with Crippen LogP contribution in [-0.4, -0.2) is 16.7 Å². The van der Waals surface area contributed by atoms with Crippen LogP contribution in [-0.2, 0) is 12.0 Å². The van der Waals surface area contributed by atoms with Crippen LogP contribution in [0.4, 0.5) is 0 Å². The highest BCUT2D eigenvalue weighted by Gasteiger charge is 2.37. The van der Waals surface area contributed by atoms with Crippen LogP contribution in [0.2, 0.25) is 0 Å². The van der Waals surface area contributed by atoms with Gasteiger partial charge >= 0.3 is 0 Å². The topological polar surface area (TPSA) is 91.0 Å². The van der Waals surface area contributed by atoms with Crippen molar-refractivity contribution in [1.29, 1.82) is 0 Å². The zero-order chi connectivity index (χ0) is 14.1. The van der Waals surface area contributed by atoms with Gasteiger partial charge in [-0.15, -0.1) is 0 Å². The molecule has 2 aliphatic carbocycles. The van der Waals surface area contributed by atoms with E-state index in [1.54, 1.807) is 0 Å². The largest absolute Gasteiger partial charge is 0.339 e. The van der Waals surface area contributed by atoms with Crippen molar-refractivity contribution in [3.05, 3.63) is 11.7 Å². The first-order valence-electron chi connectivity index (χ1n) is 7.98. The van der Waals surface area contributed by atoms with Gasteiger partial charge in [-0.2, -0.15) is 4.98 Å². The SMILES string of the molecule is NCC1(Cc2nc(C3(N)CCCC3)no2)CCCCC1. The van der Waals surface area contributed by atoms with E-state index in [1.807, 2.05) is 0 Å². The van der Waals surface area contributed by atoms with E-state index in [0.717, 1.165) is 38.0 Å². The Hall–Kier alpha value is -0.940. The molecule has 5 nitrogen and oxygen atoms in total. The van der Waals surface area contributed by atoms with Crippen LogP contribution in [0.1, 0.15) is 69.5 Å². The first-order chi connectivity index (χ1) is 9.66. The summed E-state index contributed by atoms with van der Waals surface area (Å²) in [6.07, 6.45) is 11.3. The Morgan fingerprint density at radius 3 is 2.30 bits per heavy atom. The van der Waals surface area contributed by atoms with E-state index in [0.29, 0.717) is 12.4 Å². The van der Waals surface area contributed by atoms with E-state index in [-0.39, 0.29) is 11.0 Å². The third kappa shape index (κ3) is 2.61. The molecule has 1 aromatic heterocycles. The molecule has 5 heteroatoms. The lowest BCUT2D eigenvalue weighted by atomic mass is 9.72. The molecule has 0 amide bonds. The zero-order valence-electron chi connectivity index (χ0n) is 12.2. The highest BCUT2D eigenvalue weighted by molar-refractivity contribution is 5.07. The fourth-order valence-corrected chi connectivity index (χ4v) is 3.83. The molecule has 0 aromatic carbocycles. The summed E-state index contributed by atoms with van der Waals surface area (Å²) in [7, 11) is 0. The molecule has 1 aromatic rings. The number of nitrogens with zero attached hydrogens (tertiary/aromatic N) is 2. The molecule has 0 atom stereocenters. The predicted octanol–water partition coefficient (Wildman–Crippen LogP) is 2.25. The quantitative estimate of drug-likeness (QED) is 0.881. The molecule has 0 spiro atoms. The maximum absolute atomic E-state index is 6.38. The minimum atomic E-state index is -0.357. The van der Waals surface area contributed by atoms with Gasteiger partial charge in [-0.05, 0) is 37.6 Å². The lowest BCUT2D eigenvalue weighted by molar-refractivity contribution is 0.177. The van der Waals surface area contributed by atoms with Gasteiger partial charge < -0.3 is 16.0 Å². The third-order valence-corrected chi connectivity index (χ3v) is 5.28. The van der Waals surface area contributed by atoms with Gasteiger partial charge in [0.1, 0.15) is 0 Å². The van der Waals surface area contributed by atoms with E-state index >= 15 is 0 Å². The monoisotopic (exact) mass is 278 g/mol. The Balaban J connectivity index is 1.73. The van der Waals surface area contributed by atoms with E-state index in [9.17, 15) is 0 Å². The molecule has 2 fully saturated rings. The summed E-state index contributed by atoms with van der Waals surface area (Å²) in [5.41, 5.74) is 12.2. The second-order valence-corrected chi connectivity index (χ2v) is 6.82. The van der Waals surface area contributed by atoms with Crippen molar-refractivity contribution in [3.63, 3.8) is 0 Å². The molecule has 20 heavy (non-hydrogen) atoms. The Labute approximate surface area is 120 Å². The van der Waals surface area contributed by atoms with Crippen molar-refractivity contribution < 1.29 is 4.52 Å². The van der Waals surface area contributed by atoms with Crippen LogP contribution >= 0.6 is 0 Å². The fourth-order valence-electron chi connectivity index (χ4n) is 3.83. The van der Waals surface area contributed by atoms with E-state index < -0.39 is 0 Å². The van der Waals surface area contributed by atoms with Gasteiger partial charge in [-0.1, -0.05) is 37.3 Å². The van der Waals surface area contributed by atoms with Crippen LogP contribution in [0.15, 0.2) is 4.52 Å². The average molecular weight is 278 g/mol. The number of nitrogens with two attached hydrogens (primary N) is 2. The Bertz CT molecular complexity index is 444. The van der Waals surface area contributed by atoms with Gasteiger partial charge in [-0.3, -0.25) is 0 Å². The molecule has 112 valence electrons. The molecule has 4 N–H and O–H groups in total. The first-order valence-corrected chi connectivity index (χ1v) is 7.98. The first kappa shape index (κ1) is 14.0. The van der Waals surface area contributed by atoms with Crippen molar-refractivity contribution in [2.45, 2.75) is 69.7 Å². The molecule has 3 rings (SSSR count). The minimum Gasteiger partial charge on any atom is -0.339 e. The fraction of sp³-hybridized carbons (Fsp3) is 0.867. The molecule has 2 saturated carbocycles. The highest BCUT2D eigenvalue weighted by Crippen LogP contribution is 2.39. The second-order valence-electron chi connectivity index (χ2n) is 6.82. The average Bonchev–Trinajstić information content (AvgIpc) is 3.10. The summed E-state index contributed by atoms with van der Waals surface area (Å²) >= 11 is 0. The van der Waals surface area contributed by atoms with Crippen LogP contribution in [0.3, 0.4) is 0 Å². The molecule has 0 saturated heterocycles. The molecule has 0 radical (unpaired) electrons. The summed E-state index contributed by atoms with van der Waals surface area (Å²) in [5.74, 6) is 1.43. The van der Waals surface area contributed by atoms with E-state index in [4.69, 9.17) is 16.0 Å². The van der Waals surface area contributed by atoms with Crippen molar-refractivity contribution >= 4 is 0 Å². The minimum absolute atomic E-state index is 0.166. The summed E-state index contributed by atoms with van der Waals surface area (Å²) in [6.45, 7) is 0.707. The highest BCUT2D eigenvalue weighted by atomic mass is 16.5. The number of aromatic nitrogens is 2. The normalized spacial score (nSPS) is 24.9. The van der Waals surface area contributed by atoms with Crippen LogP contribution in [0.5, 0.6) is 0 Å². The van der Waals surface area contributed by atoms with Crippen molar-refractivity contribution in [2.75, 3.05) is 6.54 Å². The van der Waals surface area contributed by atoms with E-state index in [2.05, 4.69) is 10.1 Å². The van der Waals surface area contributed by atoms with Crippen LogP contribution < -0.4 is 11.5 Å². The molecule has 0 aliphatic heterocycles. The molecule has 0 unspecified atom stereocenters. The summed E-state index contributed by atoms with van der Waals surface area (Å²) in [4.78, 5) is 4.59. The number of hydrogen-bond donors (Lipinski definition) is 2. The van der Waals surface area contributed by atoms with Crippen molar-refractivity contribution in [2.24, 2.45) is 16.9 Å². The third-order valence-electron chi connectivity index (χ3n) is 5.28. The smallest absolute Gasteiger partial charge is 0.227 e. The van der Waals surface area contributed by atoms with Crippen LogP contribution in [0, 0.1) is 5.41 Å². The van der Waals surface area contributed by atoms with Crippen molar-refractivity contribution in [3.8, 4) is 0 Å². The Morgan fingerprint density at radius 1 is 1.00 bits per heavy atom. The maximum atomic E-state index is 6.38. The molecule has 0 bridgehead atoms. The van der Waals surface area contributed by atoms with Gasteiger partial charge in [0.2, 0.25) is 5.89 Å². The number of hydrogen-bond acceptors (Lipinski definition) is 5. The molecule has 2 aliphatic rings. The summed E-state index contributed by atoms with van der Waals surface area (Å²) < 4.78 is 5.48. The lowest BCUT2D eigenvalue weighted by Crippen LogP contribution is -2.36. The lowest BCUT2D eigenvalue weighted by Gasteiger charge is -2.34. The molecule has 1 heterocycles. The number of rotatable bonds is 4. The van der Waals surface area contributed by atoms with Gasteiger partial charge in [0, 0.05) is 6.42 Å². The Kier molecular flexibility index (Phi) is 3.82. The molecular formula is C15H26N4O. The van der Waals surface area contributed by atoms with E-state index in [1.165, 1.54) is 32.1 Å². The second kappa shape index (κ2) is 5.45. The summed E-state index contributed by atoms with van der Waals surface area (Å²) in [6, 6.07) is 0. The standard InChI is InChI=1S/C15H26N4O/c16-11-14(6-2-1-3-7-14)10-12-18-13(19-20-12)15(17)8-4-5-9-15/h1-11,16-17H2. The van der Waals surface area contributed by atoms with Gasteiger partial charge in [0.25, 0.3) is 0 Å².